The van der Waals surface area contributed by atoms with E-state index in [1.807, 2.05) is 18.2 Å². The van der Waals surface area contributed by atoms with Gasteiger partial charge in [-0.15, -0.1) is 0 Å². The predicted octanol–water partition coefficient (Wildman–Crippen LogP) is 2.73. The highest BCUT2D eigenvalue weighted by molar-refractivity contribution is 5.78. The number of benzene rings is 2. The number of hydrogen-bond acceptors (Lipinski definition) is 3. The van der Waals surface area contributed by atoms with E-state index in [0.717, 1.165) is 17.3 Å². The monoisotopic (exact) mass is 288 g/mol. The molecule has 0 aromatic heterocycles. The Labute approximate surface area is 122 Å². The summed E-state index contributed by atoms with van der Waals surface area (Å²) in [4.78, 5) is 11.1. The molecule has 0 fully saturated rings. The molecule has 21 heavy (non-hydrogen) atoms. The molecule has 0 radical (unpaired) electrons. The van der Waals surface area contributed by atoms with Gasteiger partial charge in [0, 0.05) is 17.3 Å². The lowest BCUT2D eigenvalue weighted by atomic mass is 10.0. The minimum atomic E-state index is -0.484. The summed E-state index contributed by atoms with van der Waals surface area (Å²) in [7, 11) is 0. The molecule has 1 atom stereocenters. The summed E-state index contributed by atoms with van der Waals surface area (Å²) in [6.45, 7) is 1.80. The molecule has 1 amide bonds. The van der Waals surface area contributed by atoms with Gasteiger partial charge in [-0.25, -0.2) is 4.39 Å². The summed E-state index contributed by atoms with van der Waals surface area (Å²) in [5, 5.41) is 12.4. The molecule has 4 nitrogen and oxygen atoms in total. The number of phenolic OH excluding ortho intramolecular Hbond substituents is 1. The van der Waals surface area contributed by atoms with Gasteiger partial charge in [-0.05, 0) is 24.6 Å². The van der Waals surface area contributed by atoms with Gasteiger partial charge in [0.2, 0.25) is 5.91 Å². The molecule has 0 aliphatic carbocycles. The first kappa shape index (κ1) is 14.8. The second kappa shape index (κ2) is 6.26. The Hall–Kier alpha value is -2.56. The molecule has 5 heteroatoms. The Kier molecular flexibility index (Phi) is 4.42. The van der Waals surface area contributed by atoms with Crippen LogP contribution in [0.1, 0.15) is 24.1 Å². The minimum Gasteiger partial charge on any atom is -0.508 e. The largest absolute Gasteiger partial charge is 0.508 e. The van der Waals surface area contributed by atoms with E-state index >= 15 is 0 Å². The summed E-state index contributed by atoms with van der Waals surface area (Å²) in [5.74, 6) is -1.02. The lowest BCUT2D eigenvalue weighted by Gasteiger charge is -2.19. The van der Waals surface area contributed by atoms with Crippen LogP contribution in [-0.2, 0) is 11.2 Å². The van der Waals surface area contributed by atoms with E-state index in [-0.39, 0.29) is 18.2 Å². The maximum Gasteiger partial charge on any atom is 0.221 e. The van der Waals surface area contributed by atoms with Crippen molar-refractivity contribution in [3.05, 3.63) is 59.4 Å². The van der Waals surface area contributed by atoms with Crippen LogP contribution in [0.2, 0.25) is 0 Å². The Morgan fingerprint density at radius 1 is 1.33 bits per heavy atom. The Morgan fingerprint density at radius 2 is 2.05 bits per heavy atom. The van der Waals surface area contributed by atoms with Gasteiger partial charge in [-0.3, -0.25) is 4.79 Å². The van der Waals surface area contributed by atoms with Crippen LogP contribution in [0.4, 0.5) is 10.1 Å². The van der Waals surface area contributed by atoms with Gasteiger partial charge < -0.3 is 16.2 Å². The summed E-state index contributed by atoms with van der Waals surface area (Å²) in [6.07, 6.45) is 0.119. The van der Waals surface area contributed by atoms with Crippen LogP contribution in [-0.4, -0.2) is 11.0 Å². The highest BCUT2D eigenvalue weighted by Gasteiger charge is 2.13. The highest BCUT2D eigenvalue weighted by atomic mass is 19.1. The maximum absolute atomic E-state index is 13.8. The molecule has 2 aromatic carbocycles. The molecule has 0 spiro atoms. The number of amides is 1. The first-order valence-corrected chi connectivity index (χ1v) is 6.58. The molecule has 0 saturated heterocycles. The maximum atomic E-state index is 13.8. The molecule has 4 N–H and O–H groups in total. The summed E-state index contributed by atoms with van der Waals surface area (Å²) in [5.41, 5.74) is 7.15. The topological polar surface area (TPSA) is 75.3 Å². The normalized spacial score (nSPS) is 11.9. The van der Waals surface area contributed by atoms with Gasteiger partial charge in [0.05, 0.1) is 12.5 Å². The fraction of sp³-hybridized carbons (Fsp3) is 0.188. The van der Waals surface area contributed by atoms with Crippen molar-refractivity contribution in [1.82, 2.24) is 0 Å². The molecule has 0 heterocycles. The molecule has 0 aliphatic heterocycles. The zero-order valence-corrected chi connectivity index (χ0v) is 11.6. The molecular formula is C16H17FN2O2. The SMILES string of the molecule is CC(Nc1ccccc1CC(N)=O)c1ccc(O)cc1F. The van der Waals surface area contributed by atoms with Crippen molar-refractivity contribution in [2.24, 2.45) is 5.73 Å². The standard InChI is InChI=1S/C16H17FN2O2/c1-10(13-7-6-12(20)9-14(13)17)19-15-5-3-2-4-11(15)8-16(18)21/h2-7,9-10,19-20H,8H2,1H3,(H2,18,21). The Bertz CT molecular complexity index is 658. The van der Waals surface area contributed by atoms with Gasteiger partial charge in [0.1, 0.15) is 11.6 Å². The molecule has 0 aliphatic rings. The van der Waals surface area contributed by atoms with Gasteiger partial charge >= 0.3 is 0 Å². The second-order valence-corrected chi connectivity index (χ2v) is 4.87. The number of carbonyl (C=O) groups is 1. The molecule has 1 unspecified atom stereocenters. The van der Waals surface area contributed by atoms with E-state index in [9.17, 15) is 14.3 Å². The third-order valence-corrected chi connectivity index (χ3v) is 3.20. The van der Waals surface area contributed by atoms with Crippen molar-refractivity contribution in [3.8, 4) is 5.75 Å². The number of carbonyl (C=O) groups excluding carboxylic acids is 1. The van der Waals surface area contributed by atoms with Crippen LogP contribution < -0.4 is 11.1 Å². The smallest absolute Gasteiger partial charge is 0.221 e. The van der Waals surface area contributed by atoms with Crippen LogP contribution in [0.15, 0.2) is 42.5 Å². The number of nitrogens with two attached hydrogens (primary N) is 1. The lowest BCUT2D eigenvalue weighted by Crippen LogP contribution is -2.16. The molecule has 110 valence electrons. The molecular weight excluding hydrogens is 271 g/mol. The number of nitrogens with one attached hydrogen (secondary N) is 1. The molecule has 0 bridgehead atoms. The van der Waals surface area contributed by atoms with Crippen molar-refractivity contribution in [2.75, 3.05) is 5.32 Å². The van der Waals surface area contributed by atoms with E-state index < -0.39 is 11.7 Å². The van der Waals surface area contributed by atoms with Crippen LogP contribution in [0.3, 0.4) is 0 Å². The lowest BCUT2D eigenvalue weighted by molar-refractivity contribution is -0.117. The van der Waals surface area contributed by atoms with E-state index in [1.165, 1.54) is 12.1 Å². The Balaban J connectivity index is 2.23. The van der Waals surface area contributed by atoms with Gasteiger partial charge in [-0.1, -0.05) is 24.3 Å². The van der Waals surface area contributed by atoms with Gasteiger partial charge in [0.25, 0.3) is 0 Å². The Morgan fingerprint density at radius 3 is 2.71 bits per heavy atom. The molecule has 0 saturated carbocycles. The second-order valence-electron chi connectivity index (χ2n) is 4.87. The number of para-hydroxylation sites is 1. The fourth-order valence-corrected chi connectivity index (χ4v) is 2.18. The van der Waals surface area contributed by atoms with Crippen molar-refractivity contribution in [1.29, 1.82) is 0 Å². The van der Waals surface area contributed by atoms with Crippen LogP contribution in [0.25, 0.3) is 0 Å². The first-order valence-electron chi connectivity index (χ1n) is 6.58. The number of phenols is 1. The number of anilines is 1. The average molecular weight is 288 g/mol. The number of primary amides is 1. The first-order chi connectivity index (χ1) is 9.97. The van der Waals surface area contributed by atoms with E-state index in [4.69, 9.17) is 5.73 Å². The van der Waals surface area contributed by atoms with Crippen LogP contribution >= 0.6 is 0 Å². The average Bonchev–Trinajstić information content (AvgIpc) is 2.40. The fourth-order valence-electron chi connectivity index (χ4n) is 2.18. The predicted molar refractivity (Wildman–Crippen MR) is 79.4 cm³/mol. The third-order valence-electron chi connectivity index (χ3n) is 3.20. The van der Waals surface area contributed by atoms with Crippen molar-refractivity contribution in [2.45, 2.75) is 19.4 Å². The van der Waals surface area contributed by atoms with Crippen LogP contribution in [0, 0.1) is 5.82 Å². The van der Waals surface area contributed by atoms with E-state index in [0.29, 0.717) is 5.56 Å². The number of aromatic hydroxyl groups is 1. The van der Waals surface area contributed by atoms with Crippen molar-refractivity contribution >= 4 is 11.6 Å². The molecule has 2 aromatic rings. The van der Waals surface area contributed by atoms with E-state index in [1.54, 1.807) is 13.0 Å². The minimum absolute atomic E-state index is 0.113. The number of halogens is 1. The molecule has 2 rings (SSSR count). The van der Waals surface area contributed by atoms with Gasteiger partial charge in [-0.2, -0.15) is 0 Å². The van der Waals surface area contributed by atoms with Crippen LogP contribution in [0.5, 0.6) is 5.75 Å². The quantitative estimate of drug-likeness (QED) is 0.792. The van der Waals surface area contributed by atoms with Crippen molar-refractivity contribution in [3.63, 3.8) is 0 Å². The summed E-state index contributed by atoms with van der Waals surface area (Å²) >= 11 is 0. The zero-order chi connectivity index (χ0) is 15.4. The van der Waals surface area contributed by atoms with E-state index in [2.05, 4.69) is 5.32 Å². The summed E-state index contributed by atoms with van der Waals surface area (Å²) < 4.78 is 13.8. The van der Waals surface area contributed by atoms with Gasteiger partial charge in [0.15, 0.2) is 0 Å². The van der Waals surface area contributed by atoms with Crippen molar-refractivity contribution < 1.29 is 14.3 Å². The third kappa shape index (κ3) is 3.72. The zero-order valence-electron chi connectivity index (χ0n) is 11.6. The summed E-state index contributed by atoms with van der Waals surface area (Å²) in [6, 6.07) is 11.0. The number of hydrogen-bond donors (Lipinski definition) is 3. The highest BCUT2D eigenvalue weighted by Crippen LogP contribution is 2.26. The number of rotatable bonds is 5.